The van der Waals surface area contributed by atoms with Crippen LogP contribution in [0.1, 0.15) is 50.7 Å². The first-order valence-electron chi connectivity index (χ1n) is 10.5. The summed E-state index contributed by atoms with van der Waals surface area (Å²) in [6.07, 6.45) is 2.37. The molecule has 0 unspecified atom stereocenters. The number of carbonyl (C=O) groups is 1. The van der Waals surface area contributed by atoms with Gasteiger partial charge in [0.05, 0.1) is 16.9 Å². The van der Waals surface area contributed by atoms with Crippen LogP contribution in [0.3, 0.4) is 0 Å². The Balaban J connectivity index is 1.84. The van der Waals surface area contributed by atoms with Crippen LogP contribution in [0.2, 0.25) is 0 Å². The summed E-state index contributed by atoms with van der Waals surface area (Å²) in [6, 6.07) is 11.9. The lowest BCUT2D eigenvalue weighted by molar-refractivity contribution is 0.0286. The third-order valence-corrected chi connectivity index (χ3v) is 7.16. The minimum absolute atomic E-state index is 0.148. The highest BCUT2D eigenvalue weighted by atomic mass is 32.2. The molecule has 0 spiro atoms. The highest BCUT2D eigenvalue weighted by Gasteiger charge is 2.27. The van der Waals surface area contributed by atoms with Crippen molar-refractivity contribution in [1.29, 1.82) is 0 Å². The molecule has 0 saturated carbocycles. The molecule has 0 aliphatic heterocycles. The third kappa shape index (κ3) is 5.39. The van der Waals surface area contributed by atoms with E-state index in [9.17, 15) is 13.2 Å². The first kappa shape index (κ1) is 23.1. The largest absolute Gasteiger partial charge is 0.497 e. The predicted molar refractivity (Wildman–Crippen MR) is 119 cm³/mol. The van der Waals surface area contributed by atoms with Crippen LogP contribution >= 0.6 is 0 Å². The Bertz CT molecular complexity index is 1060. The van der Waals surface area contributed by atoms with Gasteiger partial charge < -0.3 is 14.4 Å². The van der Waals surface area contributed by atoms with Crippen molar-refractivity contribution >= 4 is 15.9 Å². The number of methoxy groups -OCH3 is 1. The standard InChI is InChI=1S/C24H31NO5S/c1-24(2,3)30-23(26)25(4)16-18-9-6-8-17-14-21(12-13-22(17)18)31(27,28)20-11-7-10-19(15-20)29-5/h7,10-15,18H,6,8-9,16H2,1-5H3/t18-/m0/s1. The van der Waals surface area contributed by atoms with Gasteiger partial charge in [-0.3, -0.25) is 0 Å². The average molecular weight is 446 g/mol. The van der Waals surface area contributed by atoms with Gasteiger partial charge in [-0.2, -0.15) is 0 Å². The number of ether oxygens (including phenoxy) is 2. The summed E-state index contributed by atoms with van der Waals surface area (Å²) in [6.45, 7) is 6.07. The maximum atomic E-state index is 13.1. The van der Waals surface area contributed by atoms with Crippen molar-refractivity contribution < 1.29 is 22.7 Å². The quantitative estimate of drug-likeness (QED) is 0.660. The fraction of sp³-hybridized carbons (Fsp3) is 0.458. The van der Waals surface area contributed by atoms with Gasteiger partial charge in [0.1, 0.15) is 11.4 Å². The van der Waals surface area contributed by atoms with E-state index in [4.69, 9.17) is 9.47 Å². The van der Waals surface area contributed by atoms with Crippen molar-refractivity contribution in [2.75, 3.05) is 20.7 Å². The molecule has 168 valence electrons. The van der Waals surface area contributed by atoms with Crippen molar-refractivity contribution in [3.63, 3.8) is 0 Å². The Labute approximate surface area is 185 Å². The van der Waals surface area contributed by atoms with Crippen molar-refractivity contribution in [1.82, 2.24) is 4.90 Å². The zero-order valence-electron chi connectivity index (χ0n) is 18.8. The molecule has 1 aliphatic rings. The molecule has 0 bridgehead atoms. The van der Waals surface area contributed by atoms with Crippen molar-refractivity contribution in [3.8, 4) is 5.75 Å². The second-order valence-corrected chi connectivity index (χ2v) is 10.9. The fourth-order valence-electron chi connectivity index (χ4n) is 3.90. The van der Waals surface area contributed by atoms with Crippen LogP contribution in [0.4, 0.5) is 4.79 Å². The number of nitrogens with zero attached hydrogens (tertiary/aromatic N) is 1. The molecule has 6 nitrogen and oxygen atoms in total. The summed E-state index contributed by atoms with van der Waals surface area (Å²) in [5.41, 5.74) is 1.59. The maximum absolute atomic E-state index is 13.1. The van der Waals surface area contributed by atoms with Gasteiger partial charge in [0, 0.05) is 19.5 Å². The van der Waals surface area contributed by atoms with E-state index in [2.05, 4.69) is 0 Å². The van der Waals surface area contributed by atoms with Gasteiger partial charge in [0.2, 0.25) is 9.84 Å². The zero-order chi connectivity index (χ0) is 22.8. The number of aryl methyl sites for hydroxylation is 1. The summed E-state index contributed by atoms with van der Waals surface area (Å²) in [5, 5.41) is 0. The molecule has 1 aliphatic carbocycles. The third-order valence-electron chi connectivity index (χ3n) is 5.41. The topological polar surface area (TPSA) is 72.9 Å². The molecule has 2 aromatic rings. The molecule has 0 N–H and O–H groups in total. The van der Waals surface area contributed by atoms with Crippen LogP contribution in [0.5, 0.6) is 5.75 Å². The van der Waals surface area contributed by atoms with E-state index < -0.39 is 15.4 Å². The van der Waals surface area contributed by atoms with Crippen LogP contribution in [0.25, 0.3) is 0 Å². The number of amides is 1. The minimum Gasteiger partial charge on any atom is -0.497 e. The number of hydrogen-bond donors (Lipinski definition) is 0. The van der Waals surface area contributed by atoms with Gasteiger partial charge in [-0.1, -0.05) is 12.1 Å². The molecule has 3 rings (SSSR count). The highest BCUT2D eigenvalue weighted by Crippen LogP contribution is 2.35. The van der Waals surface area contributed by atoms with Crippen LogP contribution in [0, 0.1) is 0 Å². The van der Waals surface area contributed by atoms with Crippen molar-refractivity contribution in [2.45, 2.75) is 61.3 Å². The van der Waals surface area contributed by atoms with Gasteiger partial charge >= 0.3 is 6.09 Å². The van der Waals surface area contributed by atoms with E-state index in [1.54, 1.807) is 42.3 Å². The number of carbonyl (C=O) groups excluding carboxylic acids is 1. The lowest BCUT2D eigenvalue weighted by Crippen LogP contribution is -2.37. The van der Waals surface area contributed by atoms with Gasteiger partial charge in [-0.25, -0.2) is 13.2 Å². The van der Waals surface area contributed by atoms with Crippen LogP contribution < -0.4 is 4.74 Å². The van der Waals surface area contributed by atoms with Gasteiger partial charge in [0.15, 0.2) is 0 Å². The Morgan fingerprint density at radius 1 is 1.13 bits per heavy atom. The number of fused-ring (bicyclic) bond motifs is 1. The molecule has 0 radical (unpaired) electrons. The maximum Gasteiger partial charge on any atom is 0.410 e. The lowest BCUT2D eigenvalue weighted by atomic mass is 9.82. The van der Waals surface area contributed by atoms with Crippen LogP contribution in [-0.4, -0.2) is 45.7 Å². The summed E-state index contributed by atoms with van der Waals surface area (Å²) in [4.78, 5) is 14.4. The summed E-state index contributed by atoms with van der Waals surface area (Å²) >= 11 is 0. The predicted octanol–water partition coefficient (Wildman–Crippen LogP) is 4.81. The molecule has 0 saturated heterocycles. The molecule has 1 amide bonds. The Morgan fingerprint density at radius 2 is 1.84 bits per heavy atom. The highest BCUT2D eigenvalue weighted by molar-refractivity contribution is 7.91. The minimum atomic E-state index is -3.64. The molecule has 31 heavy (non-hydrogen) atoms. The molecule has 2 aromatic carbocycles. The van der Waals surface area contributed by atoms with Gasteiger partial charge in [-0.15, -0.1) is 0 Å². The Morgan fingerprint density at radius 3 is 2.52 bits per heavy atom. The fourth-order valence-corrected chi connectivity index (χ4v) is 5.24. The smallest absolute Gasteiger partial charge is 0.410 e. The van der Waals surface area contributed by atoms with Gasteiger partial charge in [-0.05, 0) is 81.5 Å². The van der Waals surface area contributed by atoms with E-state index in [0.717, 1.165) is 30.4 Å². The Hall–Kier alpha value is -2.54. The normalized spacial score (nSPS) is 16.4. The van der Waals surface area contributed by atoms with E-state index in [1.807, 2.05) is 26.8 Å². The molecule has 0 fully saturated rings. The molecule has 0 heterocycles. The first-order chi connectivity index (χ1) is 14.5. The number of benzene rings is 2. The SMILES string of the molecule is COc1cccc(S(=O)(=O)c2ccc3c(c2)CCC[C@H]3CN(C)C(=O)OC(C)(C)C)c1. The van der Waals surface area contributed by atoms with Crippen LogP contribution in [-0.2, 0) is 21.0 Å². The zero-order valence-corrected chi connectivity index (χ0v) is 19.7. The number of rotatable bonds is 5. The monoisotopic (exact) mass is 445 g/mol. The number of likely N-dealkylation sites (N-methyl/N-ethyl adjacent to an activating group) is 1. The van der Waals surface area contributed by atoms with Crippen LogP contribution in [0.15, 0.2) is 52.3 Å². The number of hydrogen-bond acceptors (Lipinski definition) is 5. The molecule has 7 heteroatoms. The van der Waals surface area contributed by atoms with E-state index >= 15 is 0 Å². The second kappa shape index (κ2) is 8.91. The first-order valence-corrected chi connectivity index (χ1v) is 12.0. The second-order valence-electron chi connectivity index (χ2n) is 8.99. The lowest BCUT2D eigenvalue weighted by Gasteiger charge is -2.31. The van der Waals surface area contributed by atoms with Crippen molar-refractivity contribution in [3.05, 3.63) is 53.6 Å². The molecular weight excluding hydrogens is 414 g/mol. The summed E-state index contributed by atoms with van der Waals surface area (Å²) in [7, 11) is -0.391. The molecule has 0 aromatic heterocycles. The van der Waals surface area contributed by atoms with Gasteiger partial charge in [0.25, 0.3) is 0 Å². The molecule has 1 atom stereocenters. The average Bonchev–Trinajstić information content (AvgIpc) is 2.72. The summed E-state index contributed by atoms with van der Waals surface area (Å²) < 4.78 is 36.9. The van der Waals surface area contributed by atoms with Crippen molar-refractivity contribution in [2.24, 2.45) is 0 Å². The summed E-state index contributed by atoms with van der Waals surface area (Å²) in [5.74, 6) is 0.652. The Kier molecular flexibility index (Phi) is 6.65. The van der Waals surface area contributed by atoms with E-state index in [-0.39, 0.29) is 21.8 Å². The van der Waals surface area contributed by atoms with E-state index in [1.165, 1.54) is 13.2 Å². The molecular formula is C24H31NO5S. The van der Waals surface area contributed by atoms with E-state index in [0.29, 0.717) is 12.3 Å². The number of sulfone groups is 1.